The van der Waals surface area contributed by atoms with Crippen LogP contribution in [0.4, 0.5) is 5.69 Å². The number of anilines is 1. The van der Waals surface area contributed by atoms with Crippen LogP contribution in [0.1, 0.15) is 55.4 Å². The van der Waals surface area contributed by atoms with Gasteiger partial charge in [0.2, 0.25) is 11.8 Å². The number of carboxylic acid groups (broad SMARTS) is 1. The molecule has 2 amide bonds. The van der Waals surface area contributed by atoms with Crippen LogP contribution in [0.25, 0.3) is 0 Å². The molecule has 3 atom stereocenters. The molecule has 0 bridgehead atoms. The molecule has 1 heterocycles. The molecular formula is C32H36N2O4. The van der Waals surface area contributed by atoms with Gasteiger partial charge in [0.25, 0.3) is 0 Å². The molecule has 6 nitrogen and oxygen atoms in total. The summed E-state index contributed by atoms with van der Waals surface area (Å²) in [7, 11) is 0. The number of amides is 2. The van der Waals surface area contributed by atoms with Crippen LogP contribution < -0.4 is 5.32 Å². The Morgan fingerprint density at radius 1 is 0.947 bits per heavy atom. The van der Waals surface area contributed by atoms with E-state index in [1.54, 1.807) is 0 Å². The van der Waals surface area contributed by atoms with E-state index in [9.17, 15) is 19.5 Å². The Kier molecular flexibility index (Phi) is 8.62. The number of aliphatic carboxylic acids is 1. The van der Waals surface area contributed by atoms with Gasteiger partial charge >= 0.3 is 5.97 Å². The zero-order valence-electron chi connectivity index (χ0n) is 22.3. The normalized spacial score (nSPS) is 17.7. The lowest BCUT2D eigenvalue weighted by atomic mass is 9.84. The molecule has 2 N–H and O–H groups in total. The average molecular weight is 513 g/mol. The first-order valence-corrected chi connectivity index (χ1v) is 13.3. The molecule has 3 aromatic rings. The maximum Gasteiger partial charge on any atom is 0.326 e. The summed E-state index contributed by atoms with van der Waals surface area (Å²) in [6.07, 6.45) is 1.78. The van der Waals surface area contributed by atoms with Gasteiger partial charge in [-0.2, -0.15) is 0 Å². The van der Waals surface area contributed by atoms with Crippen molar-refractivity contribution in [3.8, 4) is 0 Å². The second kappa shape index (κ2) is 12.1. The Labute approximate surface area is 224 Å². The smallest absolute Gasteiger partial charge is 0.326 e. The Morgan fingerprint density at radius 2 is 1.61 bits per heavy atom. The van der Waals surface area contributed by atoms with E-state index in [0.29, 0.717) is 30.9 Å². The number of nitrogens with one attached hydrogen (secondary N) is 1. The molecule has 1 aliphatic rings. The summed E-state index contributed by atoms with van der Waals surface area (Å²) in [5.41, 5.74) is 4.95. The zero-order chi connectivity index (χ0) is 27.2. The fourth-order valence-corrected chi connectivity index (χ4v) is 5.45. The minimum Gasteiger partial charge on any atom is -0.480 e. The molecule has 3 aromatic carbocycles. The van der Waals surface area contributed by atoms with E-state index in [0.717, 1.165) is 16.7 Å². The molecule has 0 saturated carbocycles. The average Bonchev–Trinajstić information content (AvgIpc) is 3.02. The van der Waals surface area contributed by atoms with Crippen LogP contribution in [0, 0.1) is 5.92 Å². The van der Waals surface area contributed by atoms with Crippen LogP contribution >= 0.6 is 0 Å². The summed E-state index contributed by atoms with van der Waals surface area (Å²) < 4.78 is 0. The van der Waals surface area contributed by atoms with Crippen molar-refractivity contribution in [1.29, 1.82) is 0 Å². The number of carbonyl (C=O) groups excluding carboxylic acids is 2. The third-order valence-corrected chi connectivity index (χ3v) is 7.45. The first-order valence-electron chi connectivity index (χ1n) is 13.3. The van der Waals surface area contributed by atoms with Gasteiger partial charge in [-0.3, -0.25) is 9.59 Å². The standard InChI is InChI=1S/C32H36N2O4/c1-21(2)25-16-13-24(14-17-25)19-27-20-26-11-7-8-12-28(26)33-31(36)30(27)34(22(3)35)29(32(37)38)18-15-23-9-5-4-6-10-23/h4-14,16-17,21,27,29-30H,15,18-20H2,1-3H3,(H,33,36)(H,37,38)/t27?,29-,30?/m0/s1. The molecule has 198 valence electrons. The molecule has 1 aliphatic heterocycles. The molecule has 2 unspecified atom stereocenters. The number of nitrogens with zero attached hydrogens (tertiary/aromatic N) is 1. The first-order chi connectivity index (χ1) is 18.2. The van der Waals surface area contributed by atoms with Crippen molar-refractivity contribution in [3.63, 3.8) is 0 Å². The van der Waals surface area contributed by atoms with Gasteiger partial charge in [0, 0.05) is 12.6 Å². The minimum atomic E-state index is -1.13. The maximum absolute atomic E-state index is 13.8. The van der Waals surface area contributed by atoms with Crippen LogP contribution in [-0.4, -0.2) is 39.9 Å². The van der Waals surface area contributed by atoms with E-state index in [1.807, 2.05) is 54.6 Å². The second-order valence-electron chi connectivity index (χ2n) is 10.5. The summed E-state index contributed by atoms with van der Waals surface area (Å²) >= 11 is 0. The largest absolute Gasteiger partial charge is 0.480 e. The fourth-order valence-electron chi connectivity index (χ4n) is 5.45. The highest BCUT2D eigenvalue weighted by Gasteiger charge is 2.43. The van der Waals surface area contributed by atoms with Crippen LogP contribution in [0.3, 0.4) is 0 Å². The van der Waals surface area contributed by atoms with Crippen molar-refractivity contribution >= 4 is 23.5 Å². The zero-order valence-corrected chi connectivity index (χ0v) is 22.3. The molecule has 0 aliphatic carbocycles. The Hall–Kier alpha value is -3.93. The third kappa shape index (κ3) is 6.31. The van der Waals surface area contributed by atoms with E-state index < -0.39 is 24.0 Å². The lowest BCUT2D eigenvalue weighted by molar-refractivity contribution is -0.155. The number of carbonyl (C=O) groups is 3. The number of carboxylic acids is 1. The van der Waals surface area contributed by atoms with Crippen LogP contribution in [0.2, 0.25) is 0 Å². The van der Waals surface area contributed by atoms with Crippen molar-refractivity contribution < 1.29 is 19.5 Å². The van der Waals surface area contributed by atoms with Crippen molar-refractivity contribution in [2.75, 3.05) is 5.32 Å². The Bertz CT molecular complexity index is 1270. The molecule has 0 spiro atoms. The summed E-state index contributed by atoms with van der Waals surface area (Å²) in [6, 6.07) is 23.5. The number of para-hydroxylation sites is 1. The molecule has 6 heteroatoms. The quantitative estimate of drug-likeness (QED) is 0.398. The molecule has 4 rings (SSSR count). The third-order valence-electron chi connectivity index (χ3n) is 7.45. The van der Waals surface area contributed by atoms with Crippen molar-refractivity contribution in [1.82, 2.24) is 4.90 Å². The molecular weight excluding hydrogens is 476 g/mol. The van der Waals surface area contributed by atoms with Crippen molar-refractivity contribution in [2.45, 2.75) is 64.5 Å². The summed E-state index contributed by atoms with van der Waals surface area (Å²) in [4.78, 5) is 40.8. The second-order valence-corrected chi connectivity index (χ2v) is 10.5. The number of hydrogen-bond donors (Lipinski definition) is 2. The van der Waals surface area contributed by atoms with Gasteiger partial charge in [0.1, 0.15) is 12.1 Å². The molecule has 0 saturated heterocycles. The first kappa shape index (κ1) is 27.1. The summed E-state index contributed by atoms with van der Waals surface area (Å²) in [5.74, 6) is -1.77. The van der Waals surface area contributed by atoms with Gasteiger partial charge in [-0.15, -0.1) is 0 Å². The van der Waals surface area contributed by atoms with E-state index in [2.05, 4.69) is 43.4 Å². The highest BCUT2D eigenvalue weighted by molar-refractivity contribution is 5.99. The van der Waals surface area contributed by atoms with Crippen LogP contribution in [0.15, 0.2) is 78.9 Å². The van der Waals surface area contributed by atoms with E-state index >= 15 is 0 Å². The van der Waals surface area contributed by atoms with Gasteiger partial charge in [0.15, 0.2) is 0 Å². The SMILES string of the molecule is CC(=O)N(C1C(=O)Nc2ccccc2CC1Cc1ccc(C(C)C)cc1)[C@@H](CCc1ccccc1)C(=O)O. The monoisotopic (exact) mass is 512 g/mol. The molecule has 0 radical (unpaired) electrons. The Morgan fingerprint density at radius 3 is 2.24 bits per heavy atom. The van der Waals surface area contributed by atoms with Gasteiger partial charge in [-0.1, -0.05) is 86.6 Å². The van der Waals surface area contributed by atoms with E-state index in [4.69, 9.17) is 0 Å². The van der Waals surface area contributed by atoms with Crippen LogP contribution in [0.5, 0.6) is 0 Å². The van der Waals surface area contributed by atoms with Gasteiger partial charge < -0.3 is 15.3 Å². The number of fused-ring (bicyclic) bond motifs is 1. The predicted molar refractivity (Wildman–Crippen MR) is 149 cm³/mol. The van der Waals surface area contributed by atoms with Gasteiger partial charge in [0.05, 0.1) is 0 Å². The maximum atomic E-state index is 13.8. The van der Waals surface area contributed by atoms with Gasteiger partial charge in [-0.05, 0) is 65.8 Å². The van der Waals surface area contributed by atoms with Crippen molar-refractivity contribution in [2.24, 2.45) is 5.92 Å². The number of hydrogen-bond acceptors (Lipinski definition) is 3. The predicted octanol–water partition coefficient (Wildman–Crippen LogP) is 5.47. The summed E-state index contributed by atoms with van der Waals surface area (Å²) in [5, 5.41) is 13.3. The molecule has 0 aromatic heterocycles. The highest BCUT2D eigenvalue weighted by Crippen LogP contribution is 2.32. The number of rotatable bonds is 9. The van der Waals surface area contributed by atoms with Crippen LogP contribution in [-0.2, 0) is 33.6 Å². The van der Waals surface area contributed by atoms with Crippen molar-refractivity contribution in [3.05, 3.63) is 101 Å². The van der Waals surface area contributed by atoms with E-state index in [-0.39, 0.29) is 18.2 Å². The highest BCUT2D eigenvalue weighted by atomic mass is 16.4. The fraction of sp³-hybridized carbons (Fsp3) is 0.344. The van der Waals surface area contributed by atoms with E-state index in [1.165, 1.54) is 17.4 Å². The molecule has 38 heavy (non-hydrogen) atoms. The minimum absolute atomic E-state index is 0.214. The topological polar surface area (TPSA) is 86.7 Å². The lowest BCUT2D eigenvalue weighted by Gasteiger charge is -2.38. The van der Waals surface area contributed by atoms with Gasteiger partial charge in [-0.25, -0.2) is 4.79 Å². The molecule has 0 fully saturated rings. The lowest BCUT2D eigenvalue weighted by Crippen LogP contribution is -2.57. The summed E-state index contributed by atoms with van der Waals surface area (Å²) in [6.45, 7) is 5.64. The number of benzene rings is 3. The number of aryl methyl sites for hydroxylation is 1. The Balaban J connectivity index is 1.71.